The van der Waals surface area contributed by atoms with Crippen molar-refractivity contribution in [2.45, 2.75) is 38.6 Å². The second kappa shape index (κ2) is 7.53. The molecule has 1 aromatic heterocycles. The summed E-state index contributed by atoms with van der Waals surface area (Å²) in [5.74, 6) is 2.09. The quantitative estimate of drug-likeness (QED) is 0.803. The van der Waals surface area contributed by atoms with E-state index in [1.165, 1.54) is 30.9 Å². The number of hydrogen-bond acceptors (Lipinski definition) is 5. The monoisotopic (exact) mass is 346 g/mol. The van der Waals surface area contributed by atoms with E-state index in [-0.39, 0.29) is 0 Å². The minimum Gasteiger partial charge on any atom is -0.493 e. The first-order valence-corrected chi connectivity index (χ1v) is 9.42. The first-order valence-electron chi connectivity index (χ1n) is 8.54. The van der Waals surface area contributed by atoms with Crippen LogP contribution in [0.15, 0.2) is 23.6 Å². The molecule has 0 N–H and O–H groups in total. The molecular formula is C19H26N2O2S. The van der Waals surface area contributed by atoms with Crippen molar-refractivity contribution in [2.75, 3.05) is 27.3 Å². The van der Waals surface area contributed by atoms with Gasteiger partial charge >= 0.3 is 0 Å². The van der Waals surface area contributed by atoms with E-state index in [4.69, 9.17) is 14.5 Å². The van der Waals surface area contributed by atoms with Crippen LogP contribution in [0.4, 0.5) is 0 Å². The van der Waals surface area contributed by atoms with E-state index in [2.05, 4.69) is 24.1 Å². The normalized spacial score (nSPS) is 16.5. The number of hydrogen-bond donors (Lipinski definition) is 0. The number of thiazole rings is 1. The van der Waals surface area contributed by atoms with Crippen molar-refractivity contribution >= 4 is 11.3 Å². The number of ether oxygens (including phenoxy) is 2. The summed E-state index contributed by atoms with van der Waals surface area (Å²) in [5, 5.41) is 3.42. The average molecular weight is 346 g/mol. The smallest absolute Gasteiger partial charge is 0.161 e. The fraction of sp³-hybridized carbons (Fsp3) is 0.526. The third kappa shape index (κ3) is 3.57. The number of rotatable bonds is 5. The van der Waals surface area contributed by atoms with Crippen molar-refractivity contribution in [3.8, 4) is 22.8 Å². The Labute approximate surface area is 148 Å². The molecule has 24 heavy (non-hydrogen) atoms. The lowest BCUT2D eigenvalue weighted by Gasteiger charge is -2.33. The molecular weight excluding hydrogens is 320 g/mol. The van der Waals surface area contributed by atoms with Gasteiger partial charge in [0, 0.05) is 22.9 Å². The van der Waals surface area contributed by atoms with E-state index >= 15 is 0 Å². The molecule has 0 unspecified atom stereocenters. The van der Waals surface area contributed by atoms with E-state index in [9.17, 15) is 0 Å². The molecule has 1 aliphatic rings. The summed E-state index contributed by atoms with van der Waals surface area (Å²) in [5.41, 5.74) is 2.11. The molecule has 130 valence electrons. The van der Waals surface area contributed by atoms with Gasteiger partial charge in [-0.25, -0.2) is 4.98 Å². The van der Waals surface area contributed by atoms with Gasteiger partial charge in [0.05, 0.1) is 24.9 Å². The van der Waals surface area contributed by atoms with Crippen LogP contribution in [0.3, 0.4) is 0 Å². The topological polar surface area (TPSA) is 34.6 Å². The molecule has 1 aliphatic heterocycles. The molecule has 1 saturated heterocycles. The van der Waals surface area contributed by atoms with E-state index in [1.807, 2.05) is 18.2 Å². The van der Waals surface area contributed by atoms with Gasteiger partial charge in [0.25, 0.3) is 0 Å². The summed E-state index contributed by atoms with van der Waals surface area (Å²) >= 11 is 1.78. The molecule has 0 aliphatic carbocycles. The van der Waals surface area contributed by atoms with Gasteiger partial charge in [0.2, 0.25) is 0 Å². The molecule has 2 aromatic rings. The van der Waals surface area contributed by atoms with Crippen LogP contribution in [0.2, 0.25) is 0 Å². The van der Waals surface area contributed by atoms with E-state index < -0.39 is 0 Å². The Bertz CT molecular complexity index is 676. The summed E-state index contributed by atoms with van der Waals surface area (Å²) < 4.78 is 10.7. The average Bonchev–Trinajstić information content (AvgIpc) is 3.11. The van der Waals surface area contributed by atoms with Gasteiger partial charge in [0.1, 0.15) is 0 Å². The number of methoxy groups -OCH3 is 2. The van der Waals surface area contributed by atoms with Crippen LogP contribution in [0, 0.1) is 0 Å². The Morgan fingerprint density at radius 1 is 1.12 bits per heavy atom. The highest BCUT2D eigenvalue weighted by Crippen LogP contribution is 2.36. The van der Waals surface area contributed by atoms with Crippen molar-refractivity contribution < 1.29 is 9.47 Å². The molecule has 1 aromatic carbocycles. The summed E-state index contributed by atoms with van der Waals surface area (Å²) in [4.78, 5) is 7.46. The van der Waals surface area contributed by atoms with Gasteiger partial charge in [-0.15, -0.1) is 11.3 Å². The van der Waals surface area contributed by atoms with E-state index in [0.29, 0.717) is 12.0 Å². The third-order valence-electron chi connectivity index (χ3n) is 4.81. The lowest BCUT2D eigenvalue weighted by atomic mass is 9.96. The second-order valence-electron chi connectivity index (χ2n) is 6.54. The lowest BCUT2D eigenvalue weighted by Crippen LogP contribution is -2.37. The maximum Gasteiger partial charge on any atom is 0.161 e. The third-order valence-corrected chi connectivity index (χ3v) is 5.82. The highest BCUT2D eigenvalue weighted by atomic mass is 32.1. The molecule has 0 bridgehead atoms. The van der Waals surface area contributed by atoms with Crippen LogP contribution in [0.5, 0.6) is 11.5 Å². The van der Waals surface area contributed by atoms with Crippen LogP contribution in [-0.4, -0.2) is 43.2 Å². The SMILES string of the molecule is COc1ccc(-c2csc(C3CCN(C(C)C)CC3)n2)cc1OC. The first kappa shape index (κ1) is 17.2. The van der Waals surface area contributed by atoms with Gasteiger partial charge in [-0.1, -0.05) is 0 Å². The fourth-order valence-corrected chi connectivity index (χ4v) is 4.27. The van der Waals surface area contributed by atoms with Gasteiger partial charge in [-0.2, -0.15) is 0 Å². The van der Waals surface area contributed by atoms with Crippen molar-refractivity contribution in [1.82, 2.24) is 9.88 Å². The molecule has 0 radical (unpaired) electrons. The Kier molecular flexibility index (Phi) is 5.41. The Hall–Kier alpha value is -1.59. The summed E-state index contributed by atoms with van der Waals surface area (Å²) in [6.45, 7) is 6.90. The first-order chi connectivity index (χ1) is 11.6. The lowest BCUT2D eigenvalue weighted by molar-refractivity contribution is 0.172. The van der Waals surface area contributed by atoms with Gasteiger partial charge in [-0.05, 0) is 58.0 Å². The predicted molar refractivity (Wildman–Crippen MR) is 99.3 cm³/mol. The highest BCUT2D eigenvalue weighted by molar-refractivity contribution is 7.10. The van der Waals surface area contributed by atoms with Crippen LogP contribution in [0.25, 0.3) is 11.3 Å². The Morgan fingerprint density at radius 2 is 1.83 bits per heavy atom. The maximum absolute atomic E-state index is 5.40. The molecule has 0 spiro atoms. The molecule has 2 heterocycles. The minimum atomic E-state index is 0.596. The van der Waals surface area contributed by atoms with E-state index in [0.717, 1.165) is 22.8 Å². The van der Waals surface area contributed by atoms with Crippen LogP contribution >= 0.6 is 11.3 Å². The summed E-state index contributed by atoms with van der Waals surface area (Å²) in [6, 6.07) is 6.62. The molecule has 1 fully saturated rings. The number of piperidine rings is 1. The van der Waals surface area contributed by atoms with Crippen molar-refractivity contribution in [3.05, 3.63) is 28.6 Å². The second-order valence-corrected chi connectivity index (χ2v) is 7.43. The molecule has 3 rings (SSSR count). The summed E-state index contributed by atoms with van der Waals surface area (Å²) in [6.07, 6.45) is 2.41. The van der Waals surface area contributed by atoms with Gasteiger partial charge in [-0.3, -0.25) is 0 Å². The maximum atomic E-state index is 5.40. The minimum absolute atomic E-state index is 0.596. The zero-order valence-corrected chi connectivity index (χ0v) is 15.7. The van der Waals surface area contributed by atoms with Crippen LogP contribution < -0.4 is 9.47 Å². The molecule has 0 amide bonds. The van der Waals surface area contributed by atoms with Crippen LogP contribution in [0.1, 0.15) is 37.6 Å². The van der Waals surface area contributed by atoms with Crippen molar-refractivity contribution in [3.63, 3.8) is 0 Å². The number of benzene rings is 1. The fourth-order valence-electron chi connectivity index (χ4n) is 3.27. The molecule has 4 nitrogen and oxygen atoms in total. The molecule has 0 saturated carbocycles. The molecule has 0 atom stereocenters. The highest BCUT2D eigenvalue weighted by Gasteiger charge is 2.24. The zero-order chi connectivity index (χ0) is 17.1. The zero-order valence-electron chi connectivity index (χ0n) is 14.9. The number of nitrogens with zero attached hydrogens (tertiary/aromatic N) is 2. The van der Waals surface area contributed by atoms with Crippen molar-refractivity contribution in [1.29, 1.82) is 0 Å². The summed E-state index contributed by atoms with van der Waals surface area (Å²) in [7, 11) is 3.32. The Morgan fingerprint density at radius 3 is 2.46 bits per heavy atom. The van der Waals surface area contributed by atoms with Gasteiger partial charge in [0.15, 0.2) is 11.5 Å². The predicted octanol–water partition coefficient (Wildman–Crippen LogP) is 4.42. The number of aromatic nitrogens is 1. The van der Waals surface area contributed by atoms with E-state index in [1.54, 1.807) is 25.6 Å². The van der Waals surface area contributed by atoms with Crippen molar-refractivity contribution in [2.24, 2.45) is 0 Å². The number of likely N-dealkylation sites (tertiary alicyclic amines) is 1. The largest absolute Gasteiger partial charge is 0.493 e. The van der Waals surface area contributed by atoms with Gasteiger partial charge < -0.3 is 14.4 Å². The van der Waals surface area contributed by atoms with Crippen LogP contribution in [-0.2, 0) is 0 Å². The standard InChI is InChI=1S/C19H26N2O2S/c1-13(2)21-9-7-14(8-10-21)19-20-16(12-24-19)15-5-6-17(22-3)18(11-15)23-4/h5-6,11-14H,7-10H2,1-4H3. The molecule has 5 heteroatoms. The Balaban J connectivity index is 1.74.